The Morgan fingerprint density at radius 1 is 1.09 bits per heavy atom. The molecule has 4 rings (SSSR count). The van der Waals surface area contributed by atoms with E-state index in [0.717, 1.165) is 55.7 Å². The van der Waals surface area contributed by atoms with Crippen LogP contribution >= 0.6 is 0 Å². The number of nitrogens with one attached hydrogen (secondary N) is 1. The molecule has 3 aliphatic rings. The third-order valence-corrected chi connectivity index (χ3v) is 6.86. The number of ketones is 1. The van der Waals surface area contributed by atoms with Gasteiger partial charge in [-0.3, -0.25) is 9.59 Å². The molecule has 6 heteroatoms. The fraction of sp³-hybridized carbons (Fsp3) is 0.538. The number of rotatable bonds is 4. The molecule has 0 saturated carbocycles. The highest BCUT2D eigenvalue weighted by Crippen LogP contribution is 2.49. The number of Topliss-reactive ketones (excluding diaryl/α,β-unsaturated/α-hetero) is 1. The molecular formula is C26H34N2O4. The standard InChI is InChI=1S/C26H34N2O4/c1-16-22(25(30)28-11-7-6-8-12-28)23(18-13-17(31-4)9-10-21(18)32-5)24-19(27-16)14-26(2,3)15-20(24)29/h9-10,13,23,27H,6-8,11-12,14-15H2,1-5H3. The Hall–Kier alpha value is -2.76. The molecule has 32 heavy (non-hydrogen) atoms. The zero-order chi connectivity index (χ0) is 23.0. The summed E-state index contributed by atoms with van der Waals surface area (Å²) < 4.78 is 11.2. The van der Waals surface area contributed by atoms with Gasteiger partial charge in [-0.15, -0.1) is 0 Å². The molecule has 1 unspecified atom stereocenters. The maximum absolute atomic E-state index is 13.8. The number of hydrogen-bond acceptors (Lipinski definition) is 5. The first-order valence-corrected chi connectivity index (χ1v) is 11.5. The van der Waals surface area contributed by atoms with Crippen LogP contribution in [-0.4, -0.2) is 43.9 Å². The number of carbonyl (C=O) groups is 2. The Bertz CT molecular complexity index is 999. The van der Waals surface area contributed by atoms with Crippen molar-refractivity contribution in [3.8, 4) is 11.5 Å². The Kier molecular flexibility index (Phi) is 6.06. The summed E-state index contributed by atoms with van der Waals surface area (Å²) in [5, 5.41) is 3.46. The van der Waals surface area contributed by atoms with E-state index >= 15 is 0 Å². The van der Waals surface area contributed by atoms with Gasteiger partial charge in [0, 0.05) is 47.6 Å². The lowest BCUT2D eigenvalue weighted by atomic mass is 9.68. The van der Waals surface area contributed by atoms with E-state index in [0.29, 0.717) is 29.1 Å². The number of hydrogen-bond donors (Lipinski definition) is 1. The lowest BCUT2D eigenvalue weighted by Crippen LogP contribution is -2.43. The van der Waals surface area contributed by atoms with Crippen LogP contribution in [0.1, 0.15) is 64.4 Å². The molecule has 1 fully saturated rings. The number of dihydropyridines is 1. The van der Waals surface area contributed by atoms with Crippen molar-refractivity contribution < 1.29 is 19.1 Å². The van der Waals surface area contributed by atoms with Gasteiger partial charge in [0.15, 0.2) is 5.78 Å². The van der Waals surface area contributed by atoms with Crippen LogP contribution in [0.2, 0.25) is 0 Å². The molecule has 0 spiro atoms. The molecule has 1 saturated heterocycles. The molecular weight excluding hydrogens is 404 g/mol. The minimum atomic E-state index is -0.477. The Morgan fingerprint density at radius 3 is 2.47 bits per heavy atom. The van der Waals surface area contributed by atoms with Gasteiger partial charge in [-0.2, -0.15) is 0 Å². The van der Waals surface area contributed by atoms with Crippen LogP contribution in [0.5, 0.6) is 11.5 Å². The van der Waals surface area contributed by atoms with E-state index < -0.39 is 5.92 Å². The van der Waals surface area contributed by atoms with Crippen molar-refractivity contribution in [2.45, 2.75) is 58.8 Å². The molecule has 0 bridgehead atoms. The Labute approximate surface area is 190 Å². The summed E-state index contributed by atoms with van der Waals surface area (Å²) in [7, 11) is 3.24. The van der Waals surface area contributed by atoms with Crippen LogP contribution in [0, 0.1) is 5.41 Å². The average molecular weight is 439 g/mol. The fourth-order valence-corrected chi connectivity index (χ4v) is 5.36. The number of nitrogens with zero attached hydrogens (tertiary/aromatic N) is 1. The van der Waals surface area contributed by atoms with Gasteiger partial charge in [0.1, 0.15) is 11.5 Å². The first kappa shape index (κ1) is 22.4. The van der Waals surface area contributed by atoms with E-state index in [9.17, 15) is 9.59 Å². The number of carbonyl (C=O) groups excluding carboxylic acids is 2. The number of benzene rings is 1. The number of ether oxygens (including phenoxy) is 2. The maximum Gasteiger partial charge on any atom is 0.252 e. The number of likely N-dealkylation sites (tertiary alicyclic amines) is 1. The van der Waals surface area contributed by atoms with Crippen molar-refractivity contribution in [3.63, 3.8) is 0 Å². The number of methoxy groups -OCH3 is 2. The van der Waals surface area contributed by atoms with E-state index in [4.69, 9.17) is 9.47 Å². The van der Waals surface area contributed by atoms with Crippen molar-refractivity contribution in [2.24, 2.45) is 5.41 Å². The minimum Gasteiger partial charge on any atom is -0.497 e. The van der Waals surface area contributed by atoms with Gasteiger partial charge in [-0.05, 0) is 56.2 Å². The van der Waals surface area contributed by atoms with Crippen LogP contribution in [0.3, 0.4) is 0 Å². The van der Waals surface area contributed by atoms with Gasteiger partial charge in [0.25, 0.3) is 5.91 Å². The van der Waals surface area contributed by atoms with E-state index in [-0.39, 0.29) is 17.1 Å². The van der Waals surface area contributed by atoms with Crippen molar-refractivity contribution in [1.82, 2.24) is 10.2 Å². The molecule has 1 amide bonds. The summed E-state index contributed by atoms with van der Waals surface area (Å²) in [5.74, 6) is 0.949. The first-order chi connectivity index (χ1) is 15.3. The summed E-state index contributed by atoms with van der Waals surface area (Å²) in [4.78, 5) is 29.3. The van der Waals surface area contributed by atoms with E-state index in [1.54, 1.807) is 14.2 Å². The van der Waals surface area contributed by atoms with Crippen molar-refractivity contribution in [1.29, 1.82) is 0 Å². The SMILES string of the molecule is COc1ccc(OC)c(C2C(C(=O)N3CCCCC3)=C(C)NC3=C2C(=O)CC(C)(C)C3)c1. The van der Waals surface area contributed by atoms with E-state index in [1.165, 1.54) is 0 Å². The highest BCUT2D eigenvalue weighted by Gasteiger charge is 2.44. The normalized spacial score (nSPS) is 23.0. The molecule has 1 aromatic carbocycles. The quantitative estimate of drug-likeness (QED) is 0.758. The van der Waals surface area contributed by atoms with Gasteiger partial charge in [0.2, 0.25) is 0 Å². The predicted octanol–water partition coefficient (Wildman–Crippen LogP) is 4.32. The third kappa shape index (κ3) is 4.03. The lowest BCUT2D eigenvalue weighted by Gasteiger charge is -2.41. The van der Waals surface area contributed by atoms with Crippen LogP contribution in [0.25, 0.3) is 0 Å². The molecule has 0 radical (unpaired) electrons. The van der Waals surface area contributed by atoms with Gasteiger partial charge >= 0.3 is 0 Å². The second kappa shape index (κ2) is 8.64. The average Bonchev–Trinajstić information content (AvgIpc) is 2.77. The monoisotopic (exact) mass is 438 g/mol. The van der Waals surface area contributed by atoms with Gasteiger partial charge in [-0.25, -0.2) is 0 Å². The lowest BCUT2D eigenvalue weighted by molar-refractivity contribution is -0.128. The number of piperidine rings is 1. The van der Waals surface area contributed by atoms with Crippen LogP contribution < -0.4 is 14.8 Å². The smallest absolute Gasteiger partial charge is 0.252 e. The predicted molar refractivity (Wildman–Crippen MR) is 124 cm³/mol. The van der Waals surface area contributed by atoms with Crippen molar-refractivity contribution in [3.05, 3.63) is 46.3 Å². The molecule has 2 aliphatic heterocycles. The second-order valence-electron chi connectivity index (χ2n) is 9.89. The van der Waals surface area contributed by atoms with Crippen LogP contribution in [0.15, 0.2) is 40.7 Å². The summed E-state index contributed by atoms with van der Waals surface area (Å²) in [6.07, 6.45) is 4.40. The summed E-state index contributed by atoms with van der Waals surface area (Å²) in [6.45, 7) is 7.69. The van der Waals surface area contributed by atoms with E-state index in [1.807, 2.05) is 30.0 Å². The summed E-state index contributed by atoms with van der Waals surface area (Å²) in [5.41, 5.74) is 3.76. The fourth-order valence-electron chi connectivity index (χ4n) is 5.36. The van der Waals surface area contributed by atoms with Gasteiger partial charge in [-0.1, -0.05) is 13.8 Å². The molecule has 6 nitrogen and oxygen atoms in total. The minimum absolute atomic E-state index is 0.00811. The Morgan fingerprint density at radius 2 is 1.81 bits per heavy atom. The number of allylic oxidation sites excluding steroid dienone is 3. The summed E-state index contributed by atoms with van der Waals surface area (Å²) >= 11 is 0. The van der Waals surface area contributed by atoms with E-state index in [2.05, 4.69) is 19.2 Å². The van der Waals surface area contributed by atoms with Crippen LogP contribution in [0.4, 0.5) is 0 Å². The zero-order valence-corrected chi connectivity index (χ0v) is 19.8. The molecule has 1 aromatic rings. The Balaban J connectivity index is 1.90. The van der Waals surface area contributed by atoms with Crippen molar-refractivity contribution in [2.75, 3.05) is 27.3 Å². The maximum atomic E-state index is 13.8. The zero-order valence-electron chi connectivity index (χ0n) is 19.8. The molecule has 1 atom stereocenters. The molecule has 172 valence electrons. The second-order valence-corrected chi connectivity index (χ2v) is 9.89. The highest BCUT2D eigenvalue weighted by atomic mass is 16.5. The number of amides is 1. The van der Waals surface area contributed by atoms with Crippen LogP contribution in [-0.2, 0) is 9.59 Å². The van der Waals surface area contributed by atoms with Gasteiger partial charge < -0.3 is 19.7 Å². The summed E-state index contributed by atoms with van der Waals surface area (Å²) in [6, 6.07) is 5.60. The van der Waals surface area contributed by atoms with Gasteiger partial charge in [0.05, 0.1) is 20.1 Å². The first-order valence-electron chi connectivity index (χ1n) is 11.5. The third-order valence-electron chi connectivity index (χ3n) is 6.86. The molecule has 1 N–H and O–H groups in total. The molecule has 0 aromatic heterocycles. The largest absolute Gasteiger partial charge is 0.497 e. The topological polar surface area (TPSA) is 67.9 Å². The molecule has 1 aliphatic carbocycles. The van der Waals surface area contributed by atoms with Crippen molar-refractivity contribution >= 4 is 11.7 Å². The highest BCUT2D eigenvalue weighted by molar-refractivity contribution is 6.05. The molecule has 2 heterocycles.